The number of carbonyl (C=O) groups is 1. The van der Waals surface area contributed by atoms with E-state index in [1.165, 1.54) is 36.1 Å². The van der Waals surface area contributed by atoms with Crippen LogP contribution in [0, 0.1) is 0 Å². The zero-order valence-corrected chi connectivity index (χ0v) is 13.1. The van der Waals surface area contributed by atoms with E-state index in [1.54, 1.807) is 30.3 Å². The van der Waals surface area contributed by atoms with Crippen molar-refractivity contribution in [3.05, 3.63) is 66.5 Å². The number of rotatable bonds is 4. The summed E-state index contributed by atoms with van der Waals surface area (Å²) in [4.78, 5) is 15.2. The fraction of sp³-hybridized carbons (Fsp3) is 0. The Morgan fingerprint density at radius 1 is 1.17 bits per heavy atom. The van der Waals surface area contributed by atoms with E-state index in [0.717, 1.165) is 15.4 Å². The van der Waals surface area contributed by atoms with Crippen LogP contribution in [-0.4, -0.2) is 28.5 Å². The average molecular weight is 343 g/mol. The van der Waals surface area contributed by atoms with Crippen molar-refractivity contribution >= 4 is 33.0 Å². The second-order valence-corrected chi connectivity index (χ2v) is 6.73. The lowest BCUT2D eigenvalue weighted by Gasteiger charge is -2.07. The first-order valence-corrected chi connectivity index (χ1v) is 8.36. The second-order valence-electron chi connectivity index (χ2n) is 4.91. The summed E-state index contributed by atoms with van der Waals surface area (Å²) < 4.78 is 26.6. The van der Waals surface area contributed by atoms with Gasteiger partial charge >= 0.3 is 0 Å². The summed E-state index contributed by atoms with van der Waals surface area (Å²) in [7, 11) is -3.76. The summed E-state index contributed by atoms with van der Waals surface area (Å²) in [5, 5.41) is 9.15. The van der Waals surface area contributed by atoms with Gasteiger partial charge in [-0.1, -0.05) is 12.1 Å². The van der Waals surface area contributed by atoms with Gasteiger partial charge in [-0.2, -0.15) is 0 Å². The first-order valence-electron chi connectivity index (χ1n) is 6.92. The Kier molecular flexibility index (Phi) is 4.15. The number of benzene rings is 1. The summed E-state index contributed by atoms with van der Waals surface area (Å²) in [6.45, 7) is 0. The van der Waals surface area contributed by atoms with Gasteiger partial charge in [0, 0.05) is 23.9 Å². The molecule has 0 fully saturated rings. The van der Waals surface area contributed by atoms with Crippen molar-refractivity contribution in [2.45, 2.75) is 4.90 Å². The first-order chi connectivity index (χ1) is 11.5. The molecule has 0 aliphatic carbocycles. The number of nitrogens with zero attached hydrogens (tertiary/aromatic N) is 2. The monoisotopic (exact) mass is 343 g/mol. The summed E-state index contributed by atoms with van der Waals surface area (Å²) in [5.41, 5.74) is 2.46. The Labute approximate surface area is 137 Å². The van der Waals surface area contributed by atoms with E-state index in [1.807, 2.05) is 0 Å². The number of hydroxylamine groups is 1. The Hall–Kier alpha value is -2.97. The van der Waals surface area contributed by atoms with Gasteiger partial charge < -0.3 is 0 Å². The number of pyridine rings is 1. The lowest BCUT2D eigenvalue weighted by atomic mass is 10.2. The van der Waals surface area contributed by atoms with Crippen LogP contribution >= 0.6 is 0 Å². The molecule has 1 aromatic carbocycles. The number of nitrogens with one attached hydrogen (secondary N) is 1. The molecule has 2 N–H and O–H groups in total. The van der Waals surface area contributed by atoms with Crippen LogP contribution in [0.4, 0.5) is 0 Å². The van der Waals surface area contributed by atoms with Crippen molar-refractivity contribution < 1.29 is 18.4 Å². The molecule has 1 amide bonds. The van der Waals surface area contributed by atoms with Crippen LogP contribution in [0.5, 0.6) is 0 Å². The molecule has 0 atom stereocenters. The van der Waals surface area contributed by atoms with Crippen LogP contribution in [0.15, 0.2) is 65.8 Å². The van der Waals surface area contributed by atoms with Gasteiger partial charge in [0.1, 0.15) is 0 Å². The average Bonchev–Trinajstić information content (AvgIpc) is 3.05. The van der Waals surface area contributed by atoms with Gasteiger partial charge in [0.25, 0.3) is 15.9 Å². The van der Waals surface area contributed by atoms with Gasteiger partial charge in [-0.3, -0.25) is 10.0 Å². The maximum atomic E-state index is 12.7. The number of aromatic nitrogens is 2. The Balaban J connectivity index is 1.96. The van der Waals surface area contributed by atoms with Crippen LogP contribution in [0.1, 0.15) is 5.56 Å². The third-order valence-electron chi connectivity index (χ3n) is 3.39. The lowest BCUT2D eigenvalue weighted by Crippen LogP contribution is -2.14. The fourth-order valence-corrected chi connectivity index (χ4v) is 3.52. The molecule has 7 nitrogen and oxygen atoms in total. The highest BCUT2D eigenvalue weighted by atomic mass is 32.2. The normalized spacial score (nSPS) is 11.9. The molecule has 8 heteroatoms. The highest BCUT2D eigenvalue weighted by Gasteiger charge is 2.19. The van der Waals surface area contributed by atoms with E-state index in [-0.39, 0.29) is 4.90 Å². The van der Waals surface area contributed by atoms with Crippen LogP contribution in [0.2, 0.25) is 0 Å². The van der Waals surface area contributed by atoms with E-state index < -0.39 is 15.9 Å². The largest absolute Gasteiger partial charge is 0.288 e. The fourth-order valence-electron chi connectivity index (χ4n) is 2.21. The van der Waals surface area contributed by atoms with Crippen LogP contribution in [-0.2, 0) is 14.8 Å². The van der Waals surface area contributed by atoms with Crippen molar-refractivity contribution in [1.29, 1.82) is 0 Å². The number of hydrogen-bond donors (Lipinski definition) is 2. The van der Waals surface area contributed by atoms with Crippen molar-refractivity contribution in [3.8, 4) is 0 Å². The van der Waals surface area contributed by atoms with E-state index in [0.29, 0.717) is 11.2 Å². The SMILES string of the molecule is O=C(/C=C/c1ccc(S(=O)(=O)n2ccc3cccnc32)cc1)NO. The molecule has 2 aromatic heterocycles. The molecule has 2 heterocycles. The minimum absolute atomic E-state index is 0.106. The maximum Gasteiger partial charge on any atom is 0.269 e. The van der Waals surface area contributed by atoms with E-state index in [4.69, 9.17) is 5.21 Å². The minimum atomic E-state index is -3.76. The molecule has 0 saturated heterocycles. The third-order valence-corrected chi connectivity index (χ3v) is 5.07. The van der Waals surface area contributed by atoms with Gasteiger partial charge in [0.15, 0.2) is 5.65 Å². The first kappa shape index (κ1) is 15.9. The molecule has 0 saturated carbocycles. The summed E-state index contributed by atoms with van der Waals surface area (Å²) >= 11 is 0. The Morgan fingerprint density at radius 2 is 1.92 bits per heavy atom. The Morgan fingerprint density at radius 3 is 2.62 bits per heavy atom. The van der Waals surface area contributed by atoms with Crippen molar-refractivity contribution in [1.82, 2.24) is 14.4 Å². The van der Waals surface area contributed by atoms with Gasteiger partial charge in [0.2, 0.25) is 0 Å². The second kappa shape index (κ2) is 6.26. The molecule has 3 rings (SSSR count). The minimum Gasteiger partial charge on any atom is -0.288 e. The molecule has 3 aromatic rings. The summed E-state index contributed by atoms with van der Waals surface area (Å²) in [6, 6.07) is 11.2. The van der Waals surface area contributed by atoms with Gasteiger partial charge in [0.05, 0.1) is 4.90 Å². The number of fused-ring (bicyclic) bond motifs is 1. The molecular formula is C16H13N3O4S. The van der Waals surface area contributed by atoms with Crippen molar-refractivity contribution in [2.24, 2.45) is 0 Å². The highest BCUT2D eigenvalue weighted by Crippen LogP contribution is 2.21. The van der Waals surface area contributed by atoms with E-state index in [2.05, 4.69) is 4.98 Å². The third kappa shape index (κ3) is 2.92. The summed E-state index contributed by atoms with van der Waals surface area (Å²) in [5.74, 6) is -0.670. The molecule has 0 aliphatic heterocycles. The van der Waals surface area contributed by atoms with Crippen LogP contribution in [0.3, 0.4) is 0 Å². The van der Waals surface area contributed by atoms with E-state index in [9.17, 15) is 13.2 Å². The van der Waals surface area contributed by atoms with Crippen molar-refractivity contribution in [2.75, 3.05) is 0 Å². The topological polar surface area (TPSA) is 101 Å². The molecule has 0 aliphatic rings. The molecule has 0 unspecified atom stereocenters. The zero-order valence-electron chi connectivity index (χ0n) is 12.3. The molecule has 122 valence electrons. The number of carbonyl (C=O) groups excluding carboxylic acids is 1. The predicted octanol–water partition coefficient (Wildman–Crippen LogP) is 1.79. The standard InChI is InChI=1S/C16H13N3O4S/c20-15(18-21)8-5-12-3-6-14(7-4-12)24(22,23)19-11-9-13-2-1-10-17-16(13)19/h1-11,21H,(H,18,20)/b8-5+. The maximum absolute atomic E-state index is 12.7. The van der Waals surface area contributed by atoms with Crippen LogP contribution in [0.25, 0.3) is 17.1 Å². The van der Waals surface area contributed by atoms with Crippen molar-refractivity contribution in [3.63, 3.8) is 0 Å². The lowest BCUT2D eigenvalue weighted by molar-refractivity contribution is -0.124. The van der Waals surface area contributed by atoms with Crippen LogP contribution < -0.4 is 5.48 Å². The smallest absolute Gasteiger partial charge is 0.269 e. The molecule has 0 radical (unpaired) electrons. The van der Waals surface area contributed by atoms with Gasteiger partial charge in [-0.05, 0) is 42.0 Å². The van der Waals surface area contributed by atoms with E-state index >= 15 is 0 Å². The molecular weight excluding hydrogens is 330 g/mol. The predicted molar refractivity (Wildman–Crippen MR) is 87.7 cm³/mol. The number of hydrogen-bond acceptors (Lipinski definition) is 5. The molecule has 0 bridgehead atoms. The quantitative estimate of drug-likeness (QED) is 0.427. The number of amides is 1. The van der Waals surface area contributed by atoms with Gasteiger partial charge in [-0.15, -0.1) is 0 Å². The Bertz CT molecular complexity index is 1020. The molecule has 24 heavy (non-hydrogen) atoms. The summed E-state index contributed by atoms with van der Waals surface area (Å²) in [6.07, 6.45) is 5.59. The highest BCUT2D eigenvalue weighted by molar-refractivity contribution is 7.90. The zero-order chi connectivity index (χ0) is 17.2. The molecule has 0 spiro atoms. The van der Waals surface area contributed by atoms with Gasteiger partial charge in [-0.25, -0.2) is 22.9 Å².